The van der Waals surface area contributed by atoms with Crippen molar-refractivity contribution >= 4 is 5.91 Å². The molecule has 1 aromatic carbocycles. The Labute approximate surface area is 125 Å². The van der Waals surface area contributed by atoms with E-state index in [1.807, 2.05) is 51.1 Å². The van der Waals surface area contributed by atoms with Gasteiger partial charge in [0.05, 0.1) is 6.54 Å². The molecule has 1 aromatic heterocycles. The van der Waals surface area contributed by atoms with Crippen LogP contribution in [0, 0.1) is 5.41 Å². The van der Waals surface area contributed by atoms with Crippen molar-refractivity contribution in [3.63, 3.8) is 0 Å². The minimum absolute atomic E-state index is 0.0324. The second kappa shape index (κ2) is 6.08. The number of rotatable bonds is 4. The van der Waals surface area contributed by atoms with E-state index in [1.54, 1.807) is 11.9 Å². The van der Waals surface area contributed by atoms with E-state index >= 15 is 0 Å². The summed E-state index contributed by atoms with van der Waals surface area (Å²) in [7, 11) is 1.75. The largest absolute Gasteiger partial charge is 0.337 e. The molecular weight excluding hydrogens is 266 g/mol. The molecule has 0 spiro atoms. The Morgan fingerprint density at radius 3 is 2.52 bits per heavy atom. The molecular formula is C16H21N3O2. The third-order valence-corrected chi connectivity index (χ3v) is 2.98. The van der Waals surface area contributed by atoms with Crippen molar-refractivity contribution in [2.75, 3.05) is 7.05 Å². The zero-order chi connectivity index (χ0) is 15.5. The lowest BCUT2D eigenvalue weighted by Crippen LogP contribution is -2.29. The van der Waals surface area contributed by atoms with Gasteiger partial charge in [0, 0.05) is 19.0 Å². The Morgan fingerprint density at radius 1 is 1.24 bits per heavy atom. The van der Waals surface area contributed by atoms with Crippen LogP contribution in [0.25, 0.3) is 11.4 Å². The van der Waals surface area contributed by atoms with Crippen LogP contribution in [-0.4, -0.2) is 28.0 Å². The van der Waals surface area contributed by atoms with Crippen molar-refractivity contribution in [2.45, 2.75) is 33.7 Å². The summed E-state index contributed by atoms with van der Waals surface area (Å²) in [5.41, 5.74) is 0.867. The molecule has 2 aromatic rings. The van der Waals surface area contributed by atoms with Crippen LogP contribution in [0.4, 0.5) is 0 Å². The second-order valence-electron chi connectivity index (χ2n) is 6.36. The van der Waals surface area contributed by atoms with Gasteiger partial charge in [0.2, 0.25) is 17.6 Å². The van der Waals surface area contributed by atoms with Crippen molar-refractivity contribution in [1.82, 2.24) is 15.0 Å². The standard InChI is InChI=1S/C16H21N3O2/c1-16(2,3)10-14(20)19(4)11-13-17-15(18-21-13)12-8-6-5-7-9-12/h5-9H,10-11H2,1-4H3. The fraction of sp³-hybridized carbons (Fsp3) is 0.438. The number of aromatic nitrogens is 2. The minimum Gasteiger partial charge on any atom is -0.337 e. The minimum atomic E-state index is -0.0324. The highest BCUT2D eigenvalue weighted by Crippen LogP contribution is 2.20. The summed E-state index contributed by atoms with van der Waals surface area (Å²) >= 11 is 0. The fourth-order valence-electron chi connectivity index (χ4n) is 1.90. The molecule has 0 fully saturated rings. The van der Waals surface area contributed by atoms with Gasteiger partial charge in [-0.3, -0.25) is 4.79 Å². The molecule has 0 bridgehead atoms. The van der Waals surface area contributed by atoms with Crippen LogP contribution >= 0.6 is 0 Å². The highest BCUT2D eigenvalue weighted by Gasteiger charge is 2.20. The van der Waals surface area contributed by atoms with Crippen molar-refractivity contribution in [3.05, 3.63) is 36.2 Å². The van der Waals surface area contributed by atoms with Crippen LogP contribution in [0.2, 0.25) is 0 Å². The number of hydrogen-bond donors (Lipinski definition) is 0. The molecule has 0 aliphatic heterocycles. The van der Waals surface area contributed by atoms with Crippen LogP contribution in [-0.2, 0) is 11.3 Å². The maximum atomic E-state index is 12.1. The first kappa shape index (κ1) is 15.2. The molecule has 0 aliphatic rings. The zero-order valence-electron chi connectivity index (χ0n) is 13.0. The van der Waals surface area contributed by atoms with Crippen molar-refractivity contribution in [1.29, 1.82) is 0 Å². The Kier molecular flexibility index (Phi) is 4.40. The Balaban J connectivity index is 2.01. The lowest BCUT2D eigenvalue weighted by molar-refractivity contribution is -0.132. The highest BCUT2D eigenvalue weighted by molar-refractivity contribution is 5.76. The third-order valence-electron chi connectivity index (χ3n) is 2.98. The van der Waals surface area contributed by atoms with Crippen LogP contribution in [0.3, 0.4) is 0 Å². The lowest BCUT2D eigenvalue weighted by Gasteiger charge is -2.22. The van der Waals surface area contributed by atoms with E-state index in [2.05, 4.69) is 10.1 Å². The smallest absolute Gasteiger partial charge is 0.246 e. The molecule has 1 amide bonds. The number of benzene rings is 1. The number of amides is 1. The van der Waals surface area contributed by atoms with Gasteiger partial charge in [-0.25, -0.2) is 0 Å². The average molecular weight is 287 g/mol. The van der Waals surface area contributed by atoms with Gasteiger partial charge in [-0.2, -0.15) is 4.98 Å². The maximum absolute atomic E-state index is 12.1. The molecule has 0 atom stereocenters. The summed E-state index contributed by atoms with van der Waals surface area (Å²) in [5.74, 6) is 1.06. The van der Waals surface area contributed by atoms with Gasteiger partial charge in [0.15, 0.2) is 0 Å². The summed E-state index contributed by atoms with van der Waals surface area (Å²) in [5, 5.41) is 3.95. The molecule has 5 nitrogen and oxygen atoms in total. The van der Waals surface area contributed by atoms with Crippen molar-refractivity contribution in [2.24, 2.45) is 5.41 Å². The van der Waals surface area contributed by atoms with Crippen LogP contribution in [0.15, 0.2) is 34.9 Å². The lowest BCUT2D eigenvalue weighted by atomic mass is 9.92. The molecule has 0 saturated carbocycles. The number of nitrogens with zero attached hydrogens (tertiary/aromatic N) is 3. The molecule has 21 heavy (non-hydrogen) atoms. The van der Waals surface area contributed by atoms with E-state index in [4.69, 9.17) is 4.52 Å². The third kappa shape index (κ3) is 4.41. The first-order chi connectivity index (χ1) is 9.85. The van der Waals surface area contributed by atoms with E-state index in [9.17, 15) is 4.79 Å². The molecule has 0 N–H and O–H groups in total. The second-order valence-corrected chi connectivity index (χ2v) is 6.36. The van der Waals surface area contributed by atoms with Gasteiger partial charge in [0.1, 0.15) is 0 Å². The Hall–Kier alpha value is -2.17. The van der Waals surface area contributed by atoms with Gasteiger partial charge in [-0.1, -0.05) is 56.3 Å². The van der Waals surface area contributed by atoms with E-state index in [0.717, 1.165) is 5.56 Å². The summed E-state index contributed by atoms with van der Waals surface area (Å²) in [6.45, 7) is 6.45. The highest BCUT2D eigenvalue weighted by atomic mass is 16.5. The molecule has 112 valence electrons. The number of hydrogen-bond acceptors (Lipinski definition) is 4. The molecule has 0 unspecified atom stereocenters. The topological polar surface area (TPSA) is 59.2 Å². The van der Waals surface area contributed by atoms with E-state index in [0.29, 0.717) is 24.7 Å². The van der Waals surface area contributed by atoms with Crippen molar-refractivity contribution < 1.29 is 9.32 Å². The SMILES string of the molecule is CN(Cc1nc(-c2ccccc2)no1)C(=O)CC(C)(C)C. The average Bonchev–Trinajstić information content (AvgIpc) is 2.86. The molecule has 2 rings (SSSR count). The Morgan fingerprint density at radius 2 is 1.90 bits per heavy atom. The normalized spacial score (nSPS) is 11.4. The first-order valence-corrected chi connectivity index (χ1v) is 6.97. The number of carbonyl (C=O) groups is 1. The maximum Gasteiger partial charge on any atom is 0.246 e. The molecule has 0 radical (unpaired) electrons. The van der Waals surface area contributed by atoms with Gasteiger partial charge < -0.3 is 9.42 Å². The summed E-state index contributed by atoms with van der Waals surface area (Å²) < 4.78 is 5.21. The van der Waals surface area contributed by atoms with Crippen molar-refractivity contribution in [3.8, 4) is 11.4 Å². The quantitative estimate of drug-likeness (QED) is 0.866. The molecule has 0 aliphatic carbocycles. The predicted octanol–water partition coefficient (Wildman–Crippen LogP) is 3.13. The first-order valence-electron chi connectivity index (χ1n) is 6.97. The zero-order valence-corrected chi connectivity index (χ0v) is 13.0. The molecule has 1 heterocycles. The van der Waals surface area contributed by atoms with E-state index in [-0.39, 0.29) is 11.3 Å². The monoisotopic (exact) mass is 287 g/mol. The fourth-order valence-corrected chi connectivity index (χ4v) is 1.90. The summed E-state index contributed by atoms with van der Waals surface area (Å²) in [4.78, 5) is 18.0. The molecule has 0 saturated heterocycles. The van der Waals surface area contributed by atoms with Gasteiger partial charge in [0.25, 0.3) is 0 Å². The van der Waals surface area contributed by atoms with Gasteiger partial charge >= 0.3 is 0 Å². The summed E-state index contributed by atoms with van der Waals surface area (Å²) in [6, 6.07) is 9.62. The van der Waals surface area contributed by atoms with Gasteiger partial charge in [-0.05, 0) is 5.41 Å². The summed E-state index contributed by atoms with van der Waals surface area (Å²) in [6.07, 6.45) is 0.489. The van der Waals surface area contributed by atoms with Gasteiger partial charge in [-0.15, -0.1) is 0 Å². The van der Waals surface area contributed by atoms with E-state index < -0.39 is 0 Å². The van der Waals surface area contributed by atoms with Crippen LogP contribution in [0.1, 0.15) is 33.1 Å². The predicted molar refractivity (Wildman–Crippen MR) is 80.3 cm³/mol. The Bertz CT molecular complexity index is 599. The van der Waals surface area contributed by atoms with Crippen LogP contribution < -0.4 is 0 Å². The van der Waals surface area contributed by atoms with Crippen LogP contribution in [0.5, 0.6) is 0 Å². The molecule has 5 heteroatoms. The van der Waals surface area contributed by atoms with E-state index in [1.165, 1.54) is 0 Å². The number of carbonyl (C=O) groups excluding carboxylic acids is 1.